The van der Waals surface area contributed by atoms with Crippen LogP contribution in [-0.2, 0) is 0 Å². The van der Waals surface area contributed by atoms with Gasteiger partial charge in [-0.2, -0.15) is 0 Å². The van der Waals surface area contributed by atoms with Gasteiger partial charge in [0.2, 0.25) is 0 Å². The third kappa shape index (κ3) is 2.29. The largest absolute Gasteiger partial charge is 0.493 e. The predicted molar refractivity (Wildman–Crippen MR) is 84.5 cm³/mol. The second-order valence-corrected chi connectivity index (χ2v) is 6.46. The first kappa shape index (κ1) is 13.1. The lowest BCUT2D eigenvalue weighted by atomic mass is 9.92. The fraction of sp³-hybridized carbons (Fsp3) is 0.375. The summed E-state index contributed by atoms with van der Waals surface area (Å²) in [7, 11) is 0. The maximum Gasteiger partial charge on any atom is 0.141 e. The standard InChI is InChI=1S/C16H16BrN3O/c17-13-14(9-5-6-9)19-16(20-15(13)18)11-7-8-21-12-4-2-1-3-10(11)12/h1-4,9,11H,5-8H2,(H2,18,19,20). The van der Waals surface area contributed by atoms with E-state index in [4.69, 9.17) is 15.5 Å². The minimum Gasteiger partial charge on any atom is -0.493 e. The van der Waals surface area contributed by atoms with Gasteiger partial charge in [-0.1, -0.05) is 18.2 Å². The van der Waals surface area contributed by atoms with Crippen molar-refractivity contribution in [2.75, 3.05) is 12.3 Å². The molecule has 0 saturated heterocycles. The summed E-state index contributed by atoms with van der Waals surface area (Å²) in [6.45, 7) is 0.694. The first-order chi connectivity index (χ1) is 10.2. The number of aromatic nitrogens is 2. The van der Waals surface area contributed by atoms with Crippen LogP contribution in [0, 0.1) is 0 Å². The summed E-state index contributed by atoms with van der Waals surface area (Å²) >= 11 is 3.54. The molecule has 2 aromatic rings. The minimum absolute atomic E-state index is 0.169. The molecular weight excluding hydrogens is 330 g/mol. The number of nitrogen functional groups attached to an aromatic ring is 1. The number of para-hydroxylation sites is 1. The van der Waals surface area contributed by atoms with Gasteiger partial charge in [-0.05, 0) is 41.3 Å². The quantitative estimate of drug-likeness (QED) is 0.902. The van der Waals surface area contributed by atoms with Crippen molar-refractivity contribution in [1.29, 1.82) is 0 Å². The van der Waals surface area contributed by atoms with Gasteiger partial charge in [0, 0.05) is 11.5 Å². The number of nitrogens with two attached hydrogens (primary N) is 1. The van der Waals surface area contributed by atoms with Crippen LogP contribution in [0.2, 0.25) is 0 Å². The minimum atomic E-state index is 0.169. The van der Waals surface area contributed by atoms with Crippen LogP contribution >= 0.6 is 15.9 Å². The van der Waals surface area contributed by atoms with Gasteiger partial charge >= 0.3 is 0 Å². The molecule has 4 nitrogen and oxygen atoms in total. The average molecular weight is 346 g/mol. The molecule has 1 fully saturated rings. The highest BCUT2D eigenvalue weighted by atomic mass is 79.9. The third-order valence-corrected chi connectivity index (χ3v) is 4.97. The Morgan fingerprint density at radius 2 is 1.95 bits per heavy atom. The van der Waals surface area contributed by atoms with E-state index in [0.717, 1.165) is 33.7 Å². The number of ether oxygens (including phenoxy) is 1. The van der Waals surface area contributed by atoms with Gasteiger partial charge in [-0.15, -0.1) is 0 Å². The van der Waals surface area contributed by atoms with Gasteiger partial charge in [0.15, 0.2) is 0 Å². The summed E-state index contributed by atoms with van der Waals surface area (Å²) in [5, 5.41) is 0. The second kappa shape index (κ2) is 4.98. The summed E-state index contributed by atoms with van der Waals surface area (Å²) in [6, 6.07) is 8.13. The third-order valence-electron chi connectivity index (χ3n) is 4.15. The van der Waals surface area contributed by atoms with Crippen LogP contribution in [0.1, 0.15) is 48.2 Å². The van der Waals surface area contributed by atoms with E-state index in [-0.39, 0.29) is 5.92 Å². The van der Waals surface area contributed by atoms with Gasteiger partial charge in [0.1, 0.15) is 17.4 Å². The number of rotatable bonds is 2. The van der Waals surface area contributed by atoms with Crippen LogP contribution in [0.15, 0.2) is 28.7 Å². The molecule has 0 radical (unpaired) electrons. The van der Waals surface area contributed by atoms with E-state index in [1.807, 2.05) is 18.2 Å². The Kier molecular flexibility index (Phi) is 3.10. The maximum atomic E-state index is 6.08. The SMILES string of the molecule is Nc1nc(C2CCOc3ccccc32)nc(C2CC2)c1Br. The van der Waals surface area contributed by atoms with Gasteiger partial charge in [-0.25, -0.2) is 9.97 Å². The second-order valence-electron chi connectivity index (χ2n) is 5.67. The van der Waals surface area contributed by atoms with E-state index >= 15 is 0 Å². The molecule has 4 rings (SSSR count). The van der Waals surface area contributed by atoms with Crippen molar-refractivity contribution in [2.24, 2.45) is 0 Å². The van der Waals surface area contributed by atoms with E-state index in [1.165, 1.54) is 12.8 Å². The van der Waals surface area contributed by atoms with Gasteiger partial charge in [-0.3, -0.25) is 0 Å². The molecule has 2 heterocycles. The van der Waals surface area contributed by atoms with Crippen LogP contribution < -0.4 is 10.5 Å². The molecule has 2 N–H and O–H groups in total. The zero-order valence-corrected chi connectivity index (χ0v) is 13.1. The van der Waals surface area contributed by atoms with E-state index in [0.29, 0.717) is 18.3 Å². The molecule has 0 spiro atoms. The number of hydrogen-bond donors (Lipinski definition) is 1. The summed E-state index contributed by atoms with van der Waals surface area (Å²) in [5.74, 6) is 3.02. The Hall–Kier alpha value is -1.62. The van der Waals surface area contributed by atoms with Crippen molar-refractivity contribution in [3.63, 3.8) is 0 Å². The lowest BCUT2D eigenvalue weighted by Gasteiger charge is -2.25. The first-order valence-corrected chi connectivity index (χ1v) is 8.08. The van der Waals surface area contributed by atoms with E-state index < -0.39 is 0 Å². The number of anilines is 1. The molecule has 1 aliphatic carbocycles. The highest BCUT2D eigenvalue weighted by Crippen LogP contribution is 2.45. The smallest absolute Gasteiger partial charge is 0.141 e. The van der Waals surface area contributed by atoms with Gasteiger partial charge in [0.05, 0.1) is 22.7 Å². The molecule has 5 heteroatoms. The van der Waals surface area contributed by atoms with Crippen LogP contribution in [0.3, 0.4) is 0 Å². The average Bonchev–Trinajstić information content (AvgIpc) is 3.34. The molecule has 1 unspecified atom stereocenters. The summed E-state index contributed by atoms with van der Waals surface area (Å²) in [5.41, 5.74) is 8.31. The summed E-state index contributed by atoms with van der Waals surface area (Å²) < 4.78 is 6.59. The first-order valence-electron chi connectivity index (χ1n) is 7.28. The highest BCUT2D eigenvalue weighted by Gasteiger charge is 2.31. The molecular formula is C16H16BrN3O. The van der Waals surface area contributed by atoms with Crippen molar-refractivity contribution in [1.82, 2.24) is 9.97 Å². The fourth-order valence-electron chi connectivity index (χ4n) is 2.89. The lowest BCUT2D eigenvalue weighted by Crippen LogP contribution is -2.18. The lowest BCUT2D eigenvalue weighted by molar-refractivity contribution is 0.274. The Morgan fingerprint density at radius 1 is 1.14 bits per heavy atom. The summed E-state index contributed by atoms with van der Waals surface area (Å²) in [6.07, 6.45) is 3.28. The van der Waals surface area contributed by atoms with Crippen LogP contribution in [0.5, 0.6) is 5.75 Å². The molecule has 1 saturated carbocycles. The highest BCUT2D eigenvalue weighted by molar-refractivity contribution is 9.10. The van der Waals surface area contributed by atoms with Gasteiger partial charge < -0.3 is 10.5 Å². The zero-order chi connectivity index (χ0) is 14.4. The van der Waals surface area contributed by atoms with Crippen molar-refractivity contribution in [3.8, 4) is 5.75 Å². The predicted octanol–water partition coefficient (Wildman–Crippen LogP) is 3.61. The van der Waals surface area contributed by atoms with E-state index in [1.54, 1.807) is 0 Å². The molecule has 0 bridgehead atoms. The van der Waals surface area contributed by atoms with Crippen LogP contribution in [-0.4, -0.2) is 16.6 Å². The Labute approximate surface area is 131 Å². The van der Waals surface area contributed by atoms with Crippen molar-refractivity contribution < 1.29 is 4.74 Å². The van der Waals surface area contributed by atoms with Crippen molar-refractivity contribution >= 4 is 21.7 Å². The number of fused-ring (bicyclic) bond motifs is 1. The number of hydrogen-bond acceptors (Lipinski definition) is 4. The van der Waals surface area contributed by atoms with Crippen LogP contribution in [0.4, 0.5) is 5.82 Å². The fourth-order valence-corrected chi connectivity index (χ4v) is 3.40. The molecule has 2 aliphatic rings. The zero-order valence-electron chi connectivity index (χ0n) is 11.6. The number of nitrogens with zero attached hydrogens (tertiary/aromatic N) is 2. The topological polar surface area (TPSA) is 61.0 Å². The van der Waals surface area contributed by atoms with Crippen LogP contribution in [0.25, 0.3) is 0 Å². The molecule has 1 aliphatic heterocycles. The summed E-state index contributed by atoms with van der Waals surface area (Å²) in [4.78, 5) is 9.35. The monoisotopic (exact) mass is 345 g/mol. The molecule has 1 atom stereocenters. The van der Waals surface area contributed by atoms with E-state index in [9.17, 15) is 0 Å². The Morgan fingerprint density at radius 3 is 2.76 bits per heavy atom. The molecule has 108 valence electrons. The number of benzene rings is 1. The van der Waals surface area contributed by atoms with Gasteiger partial charge in [0.25, 0.3) is 0 Å². The maximum absolute atomic E-state index is 6.08. The molecule has 1 aromatic carbocycles. The Balaban J connectivity index is 1.81. The number of halogens is 1. The van der Waals surface area contributed by atoms with Crippen molar-refractivity contribution in [2.45, 2.75) is 31.1 Å². The normalized spacial score (nSPS) is 20.7. The molecule has 0 amide bonds. The van der Waals surface area contributed by atoms with E-state index in [2.05, 4.69) is 27.0 Å². The van der Waals surface area contributed by atoms with Crippen molar-refractivity contribution in [3.05, 3.63) is 45.8 Å². The molecule has 1 aromatic heterocycles. The molecule has 21 heavy (non-hydrogen) atoms. The Bertz CT molecular complexity index is 700.